The number of tetrazole rings is 1. The van der Waals surface area contributed by atoms with Gasteiger partial charge in [-0.15, -0.1) is 5.10 Å². The van der Waals surface area contributed by atoms with Crippen molar-refractivity contribution in [3.63, 3.8) is 0 Å². The Kier molecular flexibility index (Phi) is 5.83. The summed E-state index contributed by atoms with van der Waals surface area (Å²) < 4.78 is 1.81. The summed E-state index contributed by atoms with van der Waals surface area (Å²) in [4.78, 5) is 15.8. The lowest BCUT2D eigenvalue weighted by atomic mass is 9.98. The molecule has 2 aromatic carbocycles. The van der Waals surface area contributed by atoms with Crippen LogP contribution in [0.3, 0.4) is 0 Å². The molecule has 0 amide bonds. The minimum absolute atomic E-state index is 0.349. The third kappa shape index (κ3) is 4.35. The molecule has 1 unspecified atom stereocenters. The van der Waals surface area contributed by atoms with Gasteiger partial charge in [0.1, 0.15) is 11.7 Å². The summed E-state index contributed by atoms with van der Waals surface area (Å²) in [7, 11) is 0. The van der Waals surface area contributed by atoms with Crippen molar-refractivity contribution in [1.82, 2.24) is 35.4 Å². The summed E-state index contributed by atoms with van der Waals surface area (Å²) in [5.41, 5.74) is 4.05. The number of aromatic nitrogens is 7. The number of hydrogen-bond acceptors (Lipinski definition) is 6. The van der Waals surface area contributed by atoms with E-state index in [-0.39, 0.29) is 0 Å². The summed E-state index contributed by atoms with van der Waals surface area (Å²) in [5, 5.41) is 27.9. The van der Waals surface area contributed by atoms with E-state index in [1.54, 1.807) is 11.6 Å². The van der Waals surface area contributed by atoms with Gasteiger partial charge in [-0.3, -0.25) is 4.79 Å². The summed E-state index contributed by atoms with van der Waals surface area (Å²) in [6.07, 6.45) is 1.65. The van der Waals surface area contributed by atoms with Gasteiger partial charge in [-0.1, -0.05) is 55.5 Å². The number of aryl methyl sites for hydroxylation is 1. The summed E-state index contributed by atoms with van der Waals surface area (Å²) in [6.45, 7) is 4.20. The molecule has 4 aromatic rings. The van der Waals surface area contributed by atoms with Crippen LogP contribution in [-0.4, -0.2) is 46.5 Å². The van der Waals surface area contributed by atoms with Gasteiger partial charge in [-0.05, 0) is 40.5 Å². The summed E-state index contributed by atoms with van der Waals surface area (Å²) in [5.74, 6) is 0.109. The van der Waals surface area contributed by atoms with Gasteiger partial charge in [0.05, 0.1) is 6.54 Å². The first kappa shape index (κ1) is 20.4. The number of nitrogens with zero attached hydrogens (tertiary/aromatic N) is 6. The lowest BCUT2D eigenvalue weighted by Crippen LogP contribution is -2.10. The monoisotopic (exact) mass is 417 g/mol. The lowest BCUT2D eigenvalue weighted by molar-refractivity contribution is -0.138. The molecule has 9 heteroatoms. The van der Waals surface area contributed by atoms with Crippen LogP contribution in [0, 0.1) is 0 Å². The van der Waals surface area contributed by atoms with E-state index in [1.807, 2.05) is 36.4 Å². The molecule has 0 spiro atoms. The number of H-pyrrole nitrogens is 1. The van der Waals surface area contributed by atoms with Crippen LogP contribution in [0.4, 0.5) is 0 Å². The molecule has 31 heavy (non-hydrogen) atoms. The van der Waals surface area contributed by atoms with Crippen LogP contribution >= 0.6 is 0 Å². The molecular weight excluding hydrogens is 394 g/mol. The summed E-state index contributed by atoms with van der Waals surface area (Å²) in [6, 6.07) is 16.1. The first-order valence-electron chi connectivity index (χ1n) is 10.2. The topological polar surface area (TPSA) is 122 Å². The largest absolute Gasteiger partial charge is 0.481 e. The Hall–Kier alpha value is -3.88. The fourth-order valence-corrected chi connectivity index (χ4v) is 3.40. The third-order valence-corrected chi connectivity index (χ3v) is 5.12. The molecule has 9 nitrogen and oxygen atoms in total. The van der Waals surface area contributed by atoms with Crippen molar-refractivity contribution in [2.24, 2.45) is 0 Å². The Morgan fingerprint density at radius 3 is 2.52 bits per heavy atom. The highest BCUT2D eigenvalue weighted by atomic mass is 16.4. The van der Waals surface area contributed by atoms with Crippen LogP contribution in [0.25, 0.3) is 22.5 Å². The Labute approximate surface area is 179 Å². The van der Waals surface area contributed by atoms with Crippen LogP contribution in [-0.2, 0) is 17.8 Å². The molecule has 0 saturated carbocycles. The molecule has 0 radical (unpaired) electrons. The maximum Gasteiger partial charge on any atom is 0.314 e. The molecule has 0 aliphatic heterocycles. The van der Waals surface area contributed by atoms with Crippen molar-refractivity contribution in [2.45, 2.75) is 39.2 Å². The highest BCUT2D eigenvalue weighted by Crippen LogP contribution is 2.29. The quantitative estimate of drug-likeness (QED) is 0.451. The van der Waals surface area contributed by atoms with Crippen LogP contribution in [0.2, 0.25) is 0 Å². The van der Waals surface area contributed by atoms with Gasteiger partial charge in [0, 0.05) is 12.0 Å². The Morgan fingerprint density at radius 2 is 1.87 bits per heavy atom. The first-order chi connectivity index (χ1) is 15.1. The van der Waals surface area contributed by atoms with Crippen molar-refractivity contribution in [1.29, 1.82) is 0 Å². The van der Waals surface area contributed by atoms with Gasteiger partial charge in [0.25, 0.3) is 0 Å². The molecule has 0 aliphatic carbocycles. The number of carboxylic acid groups (broad SMARTS) is 1. The molecule has 4 rings (SSSR count). The van der Waals surface area contributed by atoms with Crippen LogP contribution < -0.4 is 0 Å². The number of aromatic amines is 1. The molecule has 2 N–H and O–H groups in total. The first-order valence-corrected chi connectivity index (χ1v) is 10.2. The van der Waals surface area contributed by atoms with Crippen LogP contribution in [0.1, 0.15) is 43.4 Å². The summed E-state index contributed by atoms with van der Waals surface area (Å²) >= 11 is 0. The predicted molar refractivity (Wildman–Crippen MR) is 114 cm³/mol. The molecule has 2 heterocycles. The molecule has 1 atom stereocenters. The van der Waals surface area contributed by atoms with Gasteiger partial charge in [-0.25, -0.2) is 14.8 Å². The Morgan fingerprint density at radius 1 is 1.13 bits per heavy atom. The predicted octanol–water partition coefficient (Wildman–Crippen LogP) is 3.31. The smallest absolute Gasteiger partial charge is 0.314 e. The van der Waals surface area contributed by atoms with Crippen molar-refractivity contribution in [3.05, 3.63) is 65.7 Å². The van der Waals surface area contributed by atoms with E-state index in [2.05, 4.69) is 49.8 Å². The average Bonchev–Trinajstić information content (AvgIpc) is 3.45. The van der Waals surface area contributed by atoms with Crippen molar-refractivity contribution >= 4 is 5.97 Å². The molecule has 0 fully saturated rings. The minimum atomic E-state index is -0.926. The molecule has 0 bridgehead atoms. The number of carbonyl (C=O) groups is 1. The number of benzene rings is 2. The van der Waals surface area contributed by atoms with Gasteiger partial charge >= 0.3 is 5.97 Å². The second-order valence-corrected chi connectivity index (χ2v) is 7.35. The number of nitrogens with one attached hydrogen (secondary N) is 1. The number of hydrogen-bond donors (Lipinski definition) is 2. The SMILES string of the molecule is CCCc1nc(C(C)C(=O)O)nn1Cc1ccc(-c2ccccc2-c2nnn[nH]2)cc1. The van der Waals surface area contributed by atoms with Crippen LogP contribution in [0.15, 0.2) is 48.5 Å². The van der Waals surface area contributed by atoms with E-state index in [1.165, 1.54) is 0 Å². The van der Waals surface area contributed by atoms with Crippen molar-refractivity contribution in [2.75, 3.05) is 0 Å². The second-order valence-electron chi connectivity index (χ2n) is 7.35. The van der Waals surface area contributed by atoms with E-state index in [9.17, 15) is 9.90 Å². The molecule has 158 valence electrons. The van der Waals surface area contributed by atoms with E-state index in [4.69, 9.17) is 0 Å². The van der Waals surface area contributed by atoms with Crippen molar-refractivity contribution < 1.29 is 9.90 Å². The van der Waals surface area contributed by atoms with Gasteiger partial charge in [-0.2, -0.15) is 5.10 Å². The molecule has 2 aromatic heterocycles. The molecular formula is C22H23N7O2. The maximum atomic E-state index is 11.3. The standard InChI is InChI=1S/C22H23N7O2/c1-3-6-19-23-20(14(2)22(30)31)26-29(19)13-15-9-11-16(12-10-15)17-7-4-5-8-18(17)21-24-27-28-25-21/h4-5,7-12,14H,3,6,13H2,1-2H3,(H,30,31)(H,24,25,27,28). The number of aliphatic carboxylic acids is 1. The highest BCUT2D eigenvalue weighted by molar-refractivity contribution is 5.80. The van der Waals surface area contributed by atoms with Gasteiger partial charge < -0.3 is 5.11 Å². The van der Waals surface area contributed by atoms with E-state index in [0.717, 1.165) is 40.9 Å². The second kappa shape index (κ2) is 8.86. The van der Waals surface area contributed by atoms with E-state index < -0.39 is 11.9 Å². The van der Waals surface area contributed by atoms with Crippen LogP contribution in [0.5, 0.6) is 0 Å². The van der Waals surface area contributed by atoms with Gasteiger partial charge in [0.2, 0.25) is 0 Å². The zero-order valence-corrected chi connectivity index (χ0v) is 17.4. The fourth-order valence-electron chi connectivity index (χ4n) is 3.40. The number of rotatable bonds is 8. The fraction of sp³-hybridized carbons (Fsp3) is 0.273. The van der Waals surface area contributed by atoms with Crippen molar-refractivity contribution in [3.8, 4) is 22.5 Å². The maximum absolute atomic E-state index is 11.3. The van der Waals surface area contributed by atoms with E-state index in [0.29, 0.717) is 18.2 Å². The average molecular weight is 417 g/mol. The zero-order valence-electron chi connectivity index (χ0n) is 17.4. The highest BCUT2D eigenvalue weighted by Gasteiger charge is 2.21. The Bertz CT molecular complexity index is 1170. The third-order valence-electron chi connectivity index (χ3n) is 5.12. The molecule has 0 aliphatic rings. The lowest BCUT2D eigenvalue weighted by Gasteiger charge is -2.09. The molecule has 0 saturated heterocycles. The van der Waals surface area contributed by atoms with Gasteiger partial charge in [0.15, 0.2) is 11.6 Å². The Balaban J connectivity index is 1.60. The zero-order chi connectivity index (χ0) is 21.8. The normalized spacial score (nSPS) is 12.1. The number of carboxylic acids is 1. The minimum Gasteiger partial charge on any atom is -0.481 e. The van der Waals surface area contributed by atoms with E-state index >= 15 is 0 Å².